The van der Waals surface area contributed by atoms with Crippen LogP contribution in [0.4, 0.5) is 0 Å². The Bertz CT molecular complexity index is 1650. The zero-order chi connectivity index (χ0) is 32.1. The van der Waals surface area contributed by atoms with E-state index in [1.807, 2.05) is 72.9 Å². The lowest BCUT2D eigenvalue weighted by Gasteiger charge is -2.09. The Morgan fingerprint density at radius 3 is 0.826 bits per heavy atom. The van der Waals surface area contributed by atoms with E-state index in [-0.39, 0.29) is 0 Å². The van der Waals surface area contributed by atoms with Gasteiger partial charge in [0.1, 0.15) is 23.0 Å². The summed E-state index contributed by atoms with van der Waals surface area (Å²) < 4.78 is 22.0. The van der Waals surface area contributed by atoms with Gasteiger partial charge in [-0.25, -0.2) is 9.97 Å². The molecule has 0 aliphatic carbocycles. The van der Waals surface area contributed by atoms with Gasteiger partial charge in [-0.05, 0) is 72.9 Å². The van der Waals surface area contributed by atoms with Crippen LogP contribution in [-0.2, 0) is 0 Å². The summed E-state index contributed by atoms with van der Waals surface area (Å²) in [6, 6.07) is 7.48. The predicted molar refractivity (Wildman–Crippen MR) is 181 cm³/mol. The van der Waals surface area contributed by atoms with Gasteiger partial charge < -0.3 is 18.9 Å². The van der Waals surface area contributed by atoms with E-state index in [0.717, 1.165) is 22.3 Å². The van der Waals surface area contributed by atoms with Crippen molar-refractivity contribution in [3.8, 4) is 23.0 Å². The average molecular weight is 613 g/mol. The van der Waals surface area contributed by atoms with Crippen LogP contribution in [0, 0.1) is 0 Å². The fourth-order valence-electron chi connectivity index (χ4n) is 4.45. The Morgan fingerprint density at radius 1 is 0.370 bits per heavy atom. The number of pyridine rings is 4. The smallest absolute Gasteiger partial charge is 0.144 e. The highest BCUT2D eigenvalue weighted by Crippen LogP contribution is 2.26. The van der Waals surface area contributed by atoms with Crippen molar-refractivity contribution in [3.05, 3.63) is 119 Å². The van der Waals surface area contributed by atoms with E-state index in [2.05, 4.69) is 19.9 Å². The van der Waals surface area contributed by atoms with Crippen LogP contribution in [0.15, 0.2) is 73.8 Å². The maximum atomic E-state index is 5.50. The molecule has 0 unspecified atom stereocenters. The molecule has 0 saturated carbocycles. The van der Waals surface area contributed by atoms with Crippen molar-refractivity contribution in [3.63, 3.8) is 0 Å². The van der Waals surface area contributed by atoms with Gasteiger partial charge in [0.15, 0.2) is 0 Å². The molecule has 0 spiro atoms. The second kappa shape index (κ2) is 15.5. The van der Waals surface area contributed by atoms with Crippen LogP contribution in [0.25, 0.3) is 48.6 Å². The third-order valence-corrected chi connectivity index (χ3v) is 6.84. The number of rotatable bonds is 12. The minimum Gasteiger partial charge on any atom is -0.495 e. The van der Waals surface area contributed by atoms with Crippen LogP contribution in [-0.4, -0.2) is 58.3 Å². The minimum absolute atomic E-state index is 0.628. The van der Waals surface area contributed by atoms with Gasteiger partial charge in [0.05, 0.1) is 76.0 Å². The van der Waals surface area contributed by atoms with Crippen molar-refractivity contribution in [2.24, 2.45) is 0 Å². The van der Waals surface area contributed by atoms with Crippen molar-refractivity contribution in [1.82, 2.24) is 29.9 Å². The van der Waals surface area contributed by atoms with E-state index in [9.17, 15) is 0 Å². The summed E-state index contributed by atoms with van der Waals surface area (Å²) in [5.74, 6) is 2.56. The summed E-state index contributed by atoms with van der Waals surface area (Å²) in [5, 5.41) is 0. The van der Waals surface area contributed by atoms with Crippen LogP contribution in [0.5, 0.6) is 23.0 Å². The normalized spacial score (nSPS) is 11.6. The number of nitrogens with zero attached hydrogens (tertiary/aromatic N) is 6. The molecule has 0 fully saturated rings. The number of aromatic nitrogens is 6. The highest BCUT2D eigenvalue weighted by atomic mass is 16.5. The standard InChI is InChI=1S/C36H32N6O4/c1-43-33-21-37-17-13-25(33)5-9-29-30(10-6-26-14-18-38-22-34(26)44-2)42-32(12-8-28-16-20-40-24-36(28)46-4)31(41-29)11-7-27-15-19-39-23-35(27)45-3/h5-24H,1-4H3. The molecule has 0 aliphatic rings. The largest absolute Gasteiger partial charge is 0.495 e. The molecule has 0 bridgehead atoms. The van der Waals surface area contributed by atoms with Crippen molar-refractivity contribution < 1.29 is 18.9 Å². The van der Waals surface area contributed by atoms with Crippen molar-refractivity contribution >= 4 is 48.6 Å². The molecule has 230 valence electrons. The van der Waals surface area contributed by atoms with Crippen LogP contribution in [0.3, 0.4) is 0 Å². The van der Waals surface area contributed by atoms with E-state index in [1.165, 1.54) is 0 Å². The maximum absolute atomic E-state index is 5.50. The molecule has 5 aromatic heterocycles. The van der Waals surface area contributed by atoms with E-state index in [0.29, 0.717) is 45.8 Å². The summed E-state index contributed by atoms with van der Waals surface area (Å²) in [5.41, 5.74) is 5.89. The first-order valence-corrected chi connectivity index (χ1v) is 14.2. The summed E-state index contributed by atoms with van der Waals surface area (Å²) in [4.78, 5) is 26.8. The molecule has 0 radical (unpaired) electrons. The molecule has 46 heavy (non-hydrogen) atoms. The predicted octanol–water partition coefficient (Wildman–Crippen LogP) is 6.77. The maximum Gasteiger partial charge on any atom is 0.144 e. The van der Waals surface area contributed by atoms with Gasteiger partial charge in [0.2, 0.25) is 0 Å². The van der Waals surface area contributed by atoms with Gasteiger partial charge in [-0.3, -0.25) is 19.9 Å². The highest BCUT2D eigenvalue weighted by Gasteiger charge is 2.11. The Labute approximate surface area is 267 Å². The molecule has 0 amide bonds. The molecule has 0 N–H and O–H groups in total. The van der Waals surface area contributed by atoms with Crippen LogP contribution in [0.2, 0.25) is 0 Å². The Morgan fingerprint density at radius 2 is 0.609 bits per heavy atom. The van der Waals surface area contributed by atoms with Crippen molar-refractivity contribution in [2.75, 3.05) is 28.4 Å². The third-order valence-electron chi connectivity index (χ3n) is 6.84. The molecule has 0 saturated heterocycles. The molecule has 10 heteroatoms. The monoisotopic (exact) mass is 612 g/mol. The topological polar surface area (TPSA) is 114 Å². The van der Waals surface area contributed by atoms with Crippen LogP contribution >= 0.6 is 0 Å². The molecule has 10 nitrogen and oxygen atoms in total. The van der Waals surface area contributed by atoms with Gasteiger partial charge in [0, 0.05) is 47.0 Å². The quantitative estimate of drug-likeness (QED) is 0.149. The summed E-state index contributed by atoms with van der Waals surface area (Å²) in [7, 11) is 6.44. The molecule has 5 aromatic rings. The second-order valence-corrected chi connectivity index (χ2v) is 9.57. The van der Waals surface area contributed by atoms with Crippen LogP contribution in [0.1, 0.15) is 45.0 Å². The lowest BCUT2D eigenvalue weighted by molar-refractivity contribution is 0.412. The molecule has 5 rings (SSSR count). The summed E-state index contributed by atoms with van der Waals surface area (Å²) in [6.45, 7) is 0. The van der Waals surface area contributed by atoms with Gasteiger partial charge >= 0.3 is 0 Å². The summed E-state index contributed by atoms with van der Waals surface area (Å²) >= 11 is 0. The molecular weight excluding hydrogens is 580 g/mol. The third kappa shape index (κ3) is 7.67. The minimum atomic E-state index is 0.628. The van der Waals surface area contributed by atoms with E-state index in [1.54, 1.807) is 78.0 Å². The lowest BCUT2D eigenvalue weighted by atomic mass is 10.1. The fraction of sp³-hybridized carbons (Fsp3) is 0.111. The molecule has 5 heterocycles. The van der Waals surface area contributed by atoms with Crippen molar-refractivity contribution in [1.29, 1.82) is 0 Å². The Kier molecular flexibility index (Phi) is 10.6. The zero-order valence-corrected chi connectivity index (χ0v) is 25.9. The van der Waals surface area contributed by atoms with E-state index >= 15 is 0 Å². The molecule has 0 aliphatic heterocycles. The Balaban J connectivity index is 1.68. The highest BCUT2D eigenvalue weighted by molar-refractivity contribution is 5.83. The zero-order valence-electron chi connectivity index (χ0n) is 25.9. The summed E-state index contributed by atoms with van der Waals surface area (Å²) in [6.07, 6.45) is 28.8. The average Bonchev–Trinajstić information content (AvgIpc) is 3.12. The Hall–Kier alpha value is -6.16. The SMILES string of the molecule is COc1cnccc1C=Cc1nc(C=Cc2ccncc2OC)c(C=Cc2ccncc2OC)nc1C=Cc1ccncc1OC. The van der Waals surface area contributed by atoms with Gasteiger partial charge in [-0.1, -0.05) is 0 Å². The van der Waals surface area contributed by atoms with Crippen molar-refractivity contribution in [2.45, 2.75) is 0 Å². The van der Waals surface area contributed by atoms with Gasteiger partial charge in [0.25, 0.3) is 0 Å². The van der Waals surface area contributed by atoms with E-state index < -0.39 is 0 Å². The molecule has 0 aromatic carbocycles. The van der Waals surface area contributed by atoms with E-state index in [4.69, 9.17) is 28.9 Å². The van der Waals surface area contributed by atoms with Gasteiger partial charge in [-0.15, -0.1) is 0 Å². The fourth-order valence-corrected chi connectivity index (χ4v) is 4.45. The lowest BCUT2D eigenvalue weighted by Crippen LogP contribution is -2.00. The number of methoxy groups -OCH3 is 4. The van der Waals surface area contributed by atoms with Gasteiger partial charge in [-0.2, -0.15) is 0 Å². The molecule has 0 atom stereocenters. The number of ether oxygens (including phenoxy) is 4. The first kappa shape index (κ1) is 31.3. The first-order chi connectivity index (χ1) is 22.6. The number of hydrogen-bond donors (Lipinski definition) is 0. The number of hydrogen-bond acceptors (Lipinski definition) is 10. The molecular formula is C36H32N6O4. The van der Waals surface area contributed by atoms with Crippen LogP contribution < -0.4 is 18.9 Å². The second-order valence-electron chi connectivity index (χ2n) is 9.57. The first-order valence-electron chi connectivity index (χ1n) is 14.2.